The number of anilines is 1. The van der Waals surface area contributed by atoms with Crippen LogP contribution in [-0.4, -0.2) is 44.9 Å². The van der Waals surface area contributed by atoms with Crippen molar-refractivity contribution in [2.45, 2.75) is 26.7 Å². The molecule has 2 heterocycles. The molecule has 2 amide bonds. The molecule has 30 heavy (non-hydrogen) atoms. The summed E-state index contributed by atoms with van der Waals surface area (Å²) in [5.41, 5.74) is 0.798. The van der Waals surface area contributed by atoms with E-state index in [9.17, 15) is 9.59 Å². The van der Waals surface area contributed by atoms with Crippen LogP contribution in [0.2, 0.25) is 0 Å². The van der Waals surface area contributed by atoms with Crippen LogP contribution in [0.4, 0.5) is 5.13 Å². The Morgan fingerprint density at radius 1 is 1.33 bits per heavy atom. The average molecular weight is 463 g/mol. The van der Waals surface area contributed by atoms with Gasteiger partial charge in [-0.3, -0.25) is 14.5 Å². The fourth-order valence-electron chi connectivity index (χ4n) is 2.75. The standard InChI is InChI=1S/C20H22N4O3S3/c1-12(2)10-17-22-23-19(30-17)21-16(25)8-9-24-18(26)15(29-20(24)28)11-13-6-4-5-7-14(13)27-3/h4-7,11-12H,8-10H2,1-3H3,(H,21,23,25). The molecule has 0 bridgehead atoms. The van der Waals surface area contributed by atoms with E-state index in [2.05, 4.69) is 29.4 Å². The van der Waals surface area contributed by atoms with Crippen LogP contribution in [0.25, 0.3) is 6.08 Å². The van der Waals surface area contributed by atoms with Crippen LogP contribution in [0.3, 0.4) is 0 Å². The van der Waals surface area contributed by atoms with Gasteiger partial charge in [0, 0.05) is 24.9 Å². The van der Waals surface area contributed by atoms with Crippen molar-refractivity contribution in [3.63, 3.8) is 0 Å². The molecule has 1 N–H and O–H groups in total. The van der Waals surface area contributed by atoms with Gasteiger partial charge in [-0.05, 0) is 18.1 Å². The molecule has 10 heteroatoms. The summed E-state index contributed by atoms with van der Waals surface area (Å²) in [4.78, 5) is 27.0. The molecule has 0 radical (unpaired) electrons. The average Bonchev–Trinajstić information content (AvgIpc) is 3.24. The van der Waals surface area contributed by atoms with Gasteiger partial charge in [0.1, 0.15) is 15.1 Å². The minimum Gasteiger partial charge on any atom is -0.496 e. The molecule has 0 unspecified atom stereocenters. The Kier molecular flexibility index (Phi) is 7.57. The third-order valence-corrected chi connectivity index (χ3v) is 6.40. The van der Waals surface area contributed by atoms with Crippen LogP contribution in [0.1, 0.15) is 30.8 Å². The number of rotatable bonds is 8. The number of para-hydroxylation sites is 1. The maximum atomic E-state index is 12.8. The lowest BCUT2D eigenvalue weighted by Gasteiger charge is -2.13. The second-order valence-corrected chi connectivity index (χ2v) is 9.71. The quantitative estimate of drug-likeness (QED) is 0.469. The highest BCUT2D eigenvalue weighted by molar-refractivity contribution is 8.26. The van der Waals surface area contributed by atoms with E-state index < -0.39 is 0 Å². The highest BCUT2D eigenvalue weighted by atomic mass is 32.2. The minimum absolute atomic E-state index is 0.119. The number of hydrogen-bond acceptors (Lipinski definition) is 8. The van der Waals surface area contributed by atoms with E-state index in [4.69, 9.17) is 17.0 Å². The summed E-state index contributed by atoms with van der Waals surface area (Å²) in [6, 6.07) is 7.44. The number of nitrogens with one attached hydrogen (secondary N) is 1. The molecule has 1 aliphatic rings. The Morgan fingerprint density at radius 3 is 2.83 bits per heavy atom. The second kappa shape index (κ2) is 10.1. The third-order valence-electron chi connectivity index (χ3n) is 4.16. The van der Waals surface area contributed by atoms with Gasteiger partial charge in [-0.2, -0.15) is 0 Å². The summed E-state index contributed by atoms with van der Waals surface area (Å²) in [6.45, 7) is 4.41. The third kappa shape index (κ3) is 5.65. The molecule has 1 aliphatic heterocycles. The molecule has 0 atom stereocenters. The van der Waals surface area contributed by atoms with Gasteiger partial charge in [0.25, 0.3) is 5.91 Å². The lowest BCUT2D eigenvalue weighted by molar-refractivity contribution is -0.122. The van der Waals surface area contributed by atoms with Gasteiger partial charge in [0.15, 0.2) is 0 Å². The predicted molar refractivity (Wildman–Crippen MR) is 125 cm³/mol. The number of methoxy groups -OCH3 is 1. The zero-order chi connectivity index (χ0) is 21.7. The topological polar surface area (TPSA) is 84.4 Å². The summed E-state index contributed by atoms with van der Waals surface area (Å²) in [5.74, 6) is 0.708. The van der Waals surface area contributed by atoms with Crippen molar-refractivity contribution in [3.05, 3.63) is 39.7 Å². The van der Waals surface area contributed by atoms with Crippen molar-refractivity contribution in [1.82, 2.24) is 15.1 Å². The Bertz CT molecular complexity index is 987. The fraction of sp³-hybridized carbons (Fsp3) is 0.350. The largest absolute Gasteiger partial charge is 0.496 e. The highest BCUT2D eigenvalue weighted by Gasteiger charge is 2.32. The Labute approximate surface area is 188 Å². The molecule has 1 saturated heterocycles. The van der Waals surface area contributed by atoms with Crippen LogP contribution in [0.5, 0.6) is 5.75 Å². The number of hydrogen-bond donors (Lipinski definition) is 1. The van der Waals surface area contributed by atoms with E-state index in [1.165, 1.54) is 28.0 Å². The van der Waals surface area contributed by atoms with Crippen LogP contribution in [0.15, 0.2) is 29.2 Å². The van der Waals surface area contributed by atoms with E-state index in [0.717, 1.165) is 17.0 Å². The first-order chi connectivity index (χ1) is 14.4. The number of thioether (sulfide) groups is 1. The molecular formula is C20H22N4O3S3. The van der Waals surface area contributed by atoms with Gasteiger partial charge in [-0.1, -0.05) is 67.4 Å². The molecule has 7 nitrogen and oxygen atoms in total. The van der Waals surface area contributed by atoms with Crippen LogP contribution >= 0.6 is 35.3 Å². The van der Waals surface area contributed by atoms with Crippen LogP contribution < -0.4 is 10.1 Å². The minimum atomic E-state index is -0.231. The summed E-state index contributed by atoms with van der Waals surface area (Å²) in [6.07, 6.45) is 2.70. The molecule has 0 aliphatic carbocycles. The summed E-state index contributed by atoms with van der Waals surface area (Å²) in [5, 5.41) is 12.2. The first-order valence-corrected chi connectivity index (χ1v) is 11.4. The number of aromatic nitrogens is 2. The highest BCUT2D eigenvalue weighted by Crippen LogP contribution is 2.34. The molecule has 1 aromatic heterocycles. The van der Waals surface area contributed by atoms with Gasteiger partial charge in [-0.25, -0.2) is 0 Å². The zero-order valence-corrected chi connectivity index (χ0v) is 19.3. The Morgan fingerprint density at radius 2 is 2.10 bits per heavy atom. The van der Waals surface area contributed by atoms with Crippen molar-refractivity contribution in [3.8, 4) is 5.75 Å². The molecular weight excluding hydrogens is 440 g/mol. The van der Waals surface area contributed by atoms with Crippen molar-refractivity contribution in [2.24, 2.45) is 5.92 Å². The smallest absolute Gasteiger partial charge is 0.266 e. The summed E-state index contributed by atoms with van der Waals surface area (Å²) >= 11 is 7.93. The Balaban J connectivity index is 1.58. The van der Waals surface area contributed by atoms with Crippen molar-refractivity contribution < 1.29 is 14.3 Å². The molecule has 158 valence electrons. The van der Waals surface area contributed by atoms with Gasteiger partial charge < -0.3 is 10.1 Å². The normalized spacial score (nSPS) is 15.3. The second-order valence-electron chi connectivity index (χ2n) is 6.97. The number of thiocarbonyl (C=S) groups is 1. The number of amides is 2. The molecule has 2 aromatic rings. The Hall–Kier alpha value is -2.30. The van der Waals surface area contributed by atoms with Crippen molar-refractivity contribution in [1.29, 1.82) is 0 Å². The molecule has 0 spiro atoms. The van der Waals surface area contributed by atoms with Crippen LogP contribution in [-0.2, 0) is 16.0 Å². The number of carbonyl (C=O) groups is 2. The molecule has 1 fully saturated rings. The first kappa shape index (κ1) is 22.4. The maximum Gasteiger partial charge on any atom is 0.266 e. The maximum absolute atomic E-state index is 12.8. The van der Waals surface area contributed by atoms with Gasteiger partial charge in [-0.15, -0.1) is 10.2 Å². The predicted octanol–water partition coefficient (Wildman–Crippen LogP) is 3.98. The molecule has 3 rings (SSSR count). The molecule has 1 aromatic carbocycles. The van der Waals surface area contributed by atoms with E-state index >= 15 is 0 Å². The van der Waals surface area contributed by atoms with E-state index in [1.807, 2.05) is 24.3 Å². The lowest BCUT2D eigenvalue weighted by atomic mass is 10.1. The number of benzene rings is 1. The SMILES string of the molecule is COc1ccccc1C=C1SC(=S)N(CCC(=O)Nc2nnc(CC(C)C)s2)C1=O. The molecule has 0 saturated carbocycles. The summed E-state index contributed by atoms with van der Waals surface area (Å²) in [7, 11) is 1.58. The van der Waals surface area contributed by atoms with Crippen molar-refractivity contribution in [2.75, 3.05) is 19.0 Å². The van der Waals surface area contributed by atoms with Gasteiger partial charge in [0.05, 0.1) is 12.0 Å². The van der Waals surface area contributed by atoms with Gasteiger partial charge in [0.2, 0.25) is 11.0 Å². The van der Waals surface area contributed by atoms with Crippen LogP contribution in [0, 0.1) is 5.92 Å². The lowest BCUT2D eigenvalue weighted by Crippen LogP contribution is -2.31. The van der Waals surface area contributed by atoms with E-state index in [1.54, 1.807) is 13.2 Å². The monoisotopic (exact) mass is 462 g/mol. The number of ether oxygens (including phenoxy) is 1. The zero-order valence-electron chi connectivity index (χ0n) is 16.9. The number of carbonyl (C=O) groups excluding carboxylic acids is 2. The summed E-state index contributed by atoms with van der Waals surface area (Å²) < 4.78 is 5.76. The first-order valence-electron chi connectivity index (χ1n) is 9.38. The fourth-order valence-corrected chi connectivity index (χ4v) is 5.02. The van der Waals surface area contributed by atoms with E-state index in [0.29, 0.717) is 26.0 Å². The van der Waals surface area contributed by atoms with Crippen molar-refractivity contribution >= 4 is 62.7 Å². The number of nitrogens with zero attached hydrogens (tertiary/aromatic N) is 3. The van der Waals surface area contributed by atoms with E-state index in [-0.39, 0.29) is 24.8 Å². The van der Waals surface area contributed by atoms with Gasteiger partial charge >= 0.3 is 0 Å².